The van der Waals surface area contributed by atoms with Crippen LogP contribution in [0.25, 0.3) is 0 Å². The summed E-state index contributed by atoms with van der Waals surface area (Å²) in [6, 6.07) is 4.87. The molecule has 18 heavy (non-hydrogen) atoms. The maximum Gasteiger partial charge on any atom is 0.307 e. The Bertz CT molecular complexity index is 439. The van der Waals surface area contributed by atoms with Crippen LogP contribution in [-0.4, -0.2) is 28.8 Å². The third kappa shape index (κ3) is 4.45. The molecule has 0 amide bonds. The van der Waals surface area contributed by atoms with Crippen LogP contribution in [-0.2, 0) is 22.4 Å². The van der Waals surface area contributed by atoms with Gasteiger partial charge in [0.05, 0.1) is 19.4 Å². The van der Waals surface area contributed by atoms with Gasteiger partial charge in [0.25, 0.3) is 0 Å². The van der Waals surface area contributed by atoms with Crippen LogP contribution in [0.2, 0.25) is 0 Å². The summed E-state index contributed by atoms with van der Waals surface area (Å²) in [5.41, 5.74) is 0.993. The first-order valence-electron chi connectivity index (χ1n) is 5.71. The minimum atomic E-state index is -0.991. The highest BCUT2D eigenvalue weighted by Gasteiger charge is 2.11. The summed E-state index contributed by atoms with van der Waals surface area (Å²) >= 11 is 0. The van der Waals surface area contributed by atoms with Gasteiger partial charge in [-0.3, -0.25) is 9.59 Å². The molecule has 0 radical (unpaired) electrons. The molecule has 1 aromatic carbocycles. The summed E-state index contributed by atoms with van der Waals surface area (Å²) in [7, 11) is 0. The predicted molar refractivity (Wildman–Crippen MR) is 64.9 cm³/mol. The normalized spacial score (nSPS) is 10.1. The Kier molecular flexibility index (Phi) is 5.17. The maximum absolute atomic E-state index is 10.7. The van der Waals surface area contributed by atoms with Crippen LogP contribution >= 0.6 is 0 Å². The van der Waals surface area contributed by atoms with E-state index in [1.54, 1.807) is 18.2 Å². The number of aliphatic carboxylic acids is 2. The van der Waals surface area contributed by atoms with E-state index < -0.39 is 11.9 Å². The second-order valence-corrected chi connectivity index (χ2v) is 3.92. The van der Waals surface area contributed by atoms with E-state index in [2.05, 4.69) is 0 Å². The quantitative estimate of drug-likeness (QED) is 0.772. The van der Waals surface area contributed by atoms with Gasteiger partial charge in [-0.1, -0.05) is 13.0 Å². The van der Waals surface area contributed by atoms with Gasteiger partial charge < -0.3 is 14.9 Å². The van der Waals surface area contributed by atoms with Crippen molar-refractivity contribution in [3.63, 3.8) is 0 Å². The number of benzene rings is 1. The average Bonchev–Trinajstić information content (AvgIpc) is 2.28. The molecule has 0 heterocycles. The lowest BCUT2D eigenvalue weighted by atomic mass is 10.0. The van der Waals surface area contributed by atoms with E-state index in [-0.39, 0.29) is 12.8 Å². The van der Waals surface area contributed by atoms with Crippen LogP contribution in [0, 0.1) is 0 Å². The van der Waals surface area contributed by atoms with Gasteiger partial charge in [0, 0.05) is 0 Å². The van der Waals surface area contributed by atoms with Crippen molar-refractivity contribution in [1.82, 2.24) is 0 Å². The van der Waals surface area contributed by atoms with Crippen molar-refractivity contribution in [2.75, 3.05) is 6.61 Å². The summed E-state index contributed by atoms with van der Waals surface area (Å²) in [5.74, 6) is -1.40. The number of carboxylic acid groups (broad SMARTS) is 2. The Balaban J connectivity index is 2.95. The number of hydrogen-bond donors (Lipinski definition) is 2. The van der Waals surface area contributed by atoms with Crippen LogP contribution < -0.4 is 4.74 Å². The first kappa shape index (κ1) is 14.0. The van der Waals surface area contributed by atoms with Crippen molar-refractivity contribution in [1.29, 1.82) is 0 Å². The molecule has 0 fully saturated rings. The molecule has 0 aliphatic rings. The van der Waals surface area contributed by atoms with Crippen molar-refractivity contribution in [2.24, 2.45) is 0 Å². The lowest BCUT2D eigenvalue weighted by molar-refractivity contribution is -0.137. The van der Waals surface area contributed by atoms with Gasteiger partial charge in [-0.2, -0.15) is 0 Å². The molecule has 0 bridgehead atoms. The Morgan fingerprint density at radius 2 is 1.72 bits per heavy atom. The zero-order chi connectivity index (χ0) is 13.5. The summed E-state index contributed by atoms with van der Waals surface area (Å²) < 4.78 is 5.40. The lowest BCUT2D eigenvalue weighted by Gasteiger charge is -2.10. The van der Waals surface area contributed by atoms with E-state index in [4.69, 9.17) is 14.9 Å². The van der Waals surface area contributed by atoms with E-state index in [0.29, 0.717) is 23.5 Å². The van der Waals surface area contributed by atoms with Crippen molar-refractivity contribution in [3.8, 4) is 5.75 Å². The van der Waals surface area contributed by atoms with Crippen LogP contribution in [0.1, 0.15) is 24.5 Å². The van der Waals surface area contributed by atoms with Gasteiger partial charge >= 0.3 is 11.9 Å². The molecule has 0 aromatic heterocycles. The fourth-order valence-corrected chi connectivity index (χ4v) is 1.57. The smallest absolute Gasteiger partial charge is 0.307 e. The minimum absolute atomic E-state index is 0.184. The molecule has 0 aliphatic heterocycles. The third-order valence-electron chi connectivity index (χ3n) is 2.33. The topological polar surface area (TPSA) is 83.8 Å². The molecule has 98 valence electrons. The number of carbonyl (C=O) groups is 2. The van der Waals surface area contributed by atoms with Crippen LogP contribution in [0.15, 0.2) is 18.2 Å². The molecule has 0 unspecified atom stereocenters. The molecule has 1 aromatic rings. The number of hydrogen-bond acceptors (Lipinski definition) is 3. The SMILES string of the molecule is CCCOc1ccc(CC(=O)O)c(CC(=O)O)c1. The van der Waals surface area contributed by atoms with E-state index in [0.717, 1.165) is 6.42 Å². The van der Waals surface area contributed by atoms with Crippen molar-refractivity contribution in [3.05, 3.63) is 29.3 Å². The van der Waals surface area contributed by atoms with Gasteiger partial charge in [0.15, 0.2) is 0 Å². The fourth-order valence-electron chi connectivity index (χ4n) is 1.57. The van der Waals surface area contributed by atoms with Crippen molar-refractivity contribution in [2.45, 2.75) is 26.2 Å². The van der Waals surface area contributed by atoms with Gasteiger partial charge in [0.2, 0.25) is 0 Å². The van der Waals surface area contributed by atoms with E-state index >= 15 is 0 Å². The van der Waals surface area contributed by atoms with Crippen molar-refractivity contribution >= 4 is 11.9 Å². The summed E-state index contributed by atoms with van der Waals surface area (Å²) in [6.07, 6.45) is 0.466. The highest BCUT2D eigenvalue weighted by Crippen LogP contribution is 2.19. The number of carboxylic acids is 2. The molecule has 0 aliphatic carbocycles. The van der Waals surface area contributed by atoms with Crippen LogP contribution in [0.4, 0.5) is 0 Å². The minimum Gasteiger partial charge on any atom is -0.494 e. The van der Waals surface area contributed by atoms with Gasteiger partial charge in [0.1, 0.15) is 5.75 Å². The van der Waals surface area contributed by atoms with Crippen molar-refractivity contribution < 1.29 is 24.5 Å². The average molecular weight is 252 g/mol. The highest BCUT2D eigenvalue weighted by atomic mass is 16.5. The Morgan fingerprint density at radius 3 is 2.28 bits per heavy atom. The zero-order valence-electron chi connectivity index (χ0n) is 10.2. The first-order chi connectivity index (χ1) is 8.52. The summed E-state index contributed by atoms with van der Waals surface area (Å²) in [4.78, 5) is 21.4. The Morgan fingerprint density at radius 1 is 1.11 bits per heavy atom. The molecule has 5 heteroatoms. The van der Waals surface area contributed by atoms with Gasteiger partial charge in [-0.15, -0.1) is 0 Å². The first-order valence-corrected chi connectivity index (χ1v) is 5.71. The number of ether oxygens (including phenoxy) is 1. The van der Waals surface area contributed by atoms with Gasteiger partial charge in [-0.05, 0) is 29.7 Å². The summed E-state index contributed by atoms with van der Waals surface area (Å²) in [5, 5.41) is 17.6. The predicted octanol–water partition coefficient (Wildman–Crippen LogP) is 1.73. The maximum atomic E-state index is 10.7. The van der Waals surface area contributed by atoms with E-state index in [1.165, 1.54) is 0 Å². The molecular weight excluding hydrogens is 236 g/mol. The molecule has 5 nitrogen and oxygen atoms in total. The monoisotopic (exact) mass is 252 g/mol. The number of rotatable bonds is 7. The van der Waals surface area contributed by atoms with E-state index in [9.17, 15) is 9.59 Å². The lowest BCUT2D eigenvalue weighted by Crippen LogP contribution is -2.08. The van der Waals surface area contributed by atoms with E-state index in [1.807, 2.05) is 6.92 Å². The summed E-state index contributed by atoms with van der Waals surface area (Å²) in [6.45, 7) is 2.52. The second kappa shape index (κ2) is 6.64. The molecule has 0 atom stereocenters. The second-order valence-electron chi connectivity index (χ2n) is 3.92. The standard InChI is InChI=1S/C13H16O5/c1-2-5-18-11-4-3-9(7-12(14)15)10(6-11)8-13(16)17/h3-4,6H,2,5,7-8H2,1H3,(H,14,15)(H,16,17). The molecule has 2 N–H and O–H groups in total. The fraction of sp³-hybridized carbons (Fsp3) is 0.385. The third-order valence-corrected chi connectivity index (χ3v) is 2.33. The molecule has 1 rings (SSSR count). The largest absolute Gasteiger partial charge is 0.494 e. The highest BCUT2D eigenvalue weighted by molar-refractivity contribution is 5.74. The Hall–Kier alpha value is -2.04. The van der Waals surface area contributed by atoms with Gasteiger partial charge in [-0.25, -0.2) is 0 Å². The Labute approximate surface area is 105 Å². The zero-order valence-corrected chi connectivity index (χ0v) is 10.2. The van der Waals surface area contributed by atoms with Crippen LogP contribution in [0.5, 0.6) is 5.75 Å². The molecule has 0 saturated carbocycles. The molecule has 0 saturated heterocycles. The molecular formula is C13H16O5. The van der Waals surface area contributed by atoms with Crippen LogP contribution in [0.3, 0.4) is 0 Å². The molecule has 0 spiro atoms.